The zero-order valence-corrected chi connectivity index (χ0v) is 18.2. The normalized spacial score (nSPS) is 18.1. The molecule has 0 saturated heterocycles. The monoisotopic (exact) mass is 360 g/mol. The van der Waals surface area contributed by atoms with Crippen molar-refractivity contribution in [1.29, 1.82) is 0 Å². The summed E-state index contributed by atoms with van der Waals surface area (Å²) in [7, 11) is -1.58. The third-order valence-corrected chi connectivity index (χ3v) is 10.3. The number of fused-ring (bicyclic) bond motifs is 1. The summed E-state index contributed by atoms with van der Waals surface area (Å²) in [6, 6.07) is 14.3. The van der Waals surface area contributed by atoms with E-state index in [9.17, 15) is 0 Å². The summed E-state index contributed by atoms with van der Waals surface area (Å²) in [6.45, 7) is 14.5. The molecule has 2 aromatic rings. The van der Waals surface area contributed by atoms with E-state index in [0.29, 0.717) is 5.92 Å². The van der Waals surface area contributed by atoms with E-state index in [4.69, 9.17) is 0 Å². The maximum absolute atomic E-state index is 2.57. The van der Waals surface area contributed by atoms with Crippen molar-refractivity contribution in [2.24, 2.45) is 5.92 Å². The summed E-state index contributed by atoms with van der Waals surface area (Å²) >= 11 is 0. The van der Waals surface area contributed by atoms with E-state index >= 15 is 0 Å². The van der Waals surface area contributed by atoms with E-state index in [-0.39, 0.29) is 0 Å². The molecule has 136 valence electrons. The van der Waals surface area contributed by atoms with Gasteiger partial charge in [-0.2, -0.15) is 0 Å². The van der Waals surface area contributed by atoms with Crippen LogP contribution in [0.2, 0.25) is 13.1 Å². The highest BCUT2D eigenvalue weighted by atomic mass is 28.3. The van der Waals surface area contributed by atoms with Crippen LogP contribution in [-0.4, -0.2) is 8.07 Å². The van der Waals surface area contributed by atoms with Crippen LogP contribution >= 0.6 is 0 Å². The standard InChI is InChI=1S/C25H32Si/c1-7-8-17(4)21-15-20-13-14-22-23(24(20)25(21)26(22,5)6)19-11-9-18(10-12-19)16(2)3/h9-14,16-17H,7-8,15H2,1-6H3. The number of rotatable bonds is 5. The van der Waals surface area contributed by atoms with Crippen LogP contribution in [0, 0.1) is 5.92 Å². The van der Waals surface area contributed by atoms with Gasteiger partial charge in [0, 0.05) is 0 Å². The van der Waals surface area contributed by atoms with Crippen molar-refractivity contribution < 1.29 is 0 Å². The Morgan fingerprint density at radius 1 is 0.923 bits per heavy atom. The zero-order chi connectivity index (χ0) is 18.6. The minimum Gasteiger partial charge on any atom is -0.0654 e. The van der Waals surface area contributed by atoms with Gasteiger partial charge in [-0.1, -0.05) is 89.2 Å². The molecule has 0 spiro atoms. The van der Waals surface area contributed by atoms with Crippen LogP contribution in [0.4, 0.5) is 0 Å². The zero-order valence-electron chi connectivity index (χ0n) is 17.2. The lowest BCUT2D eigenvalue weighted by Gasteiger charge is -2.24. The fourth-order valence-corrected chi connectivity index (χ4v) is 8.98. The third kappa shape index (κ3) is 2.47. The van der Waals surface area contributed by atoms with E-state index in [1.807, 2.05) is 0 Å². The topological polar surface area (TPSA) is 0 Å². The molecule has 4 rings (SSSR count). The van der Waals surface area contributed by atoms with Crippen molar-refractivity contribution in [1.82, 2.24) is 0 Å². The van der Waals surface area contributed by atoms with Gasteiger partial charge < -0.3 is 0 Å². The van der Waals surface area contributed by atoms with Crippen LogP contribution in [0.25, 0.3) is 16.3 Å². The van der Waals surface area contributed by atoms with Gasteiger partial charge in [-0.05, 0) is 62.9 Å². The molecule has 2 aliphatic rings. The molecule has 0 saturated carbocycles. The molecule has 0 amide bonds. The molecule has 2 aromatic carbocycles. The molecule has 0 fully saturated rings. The molecular weight excluding hydrogens is 328 g/mol. The highest BCUT2D eigenvalue weighted by molar-refractivity contribution is 7.07. The number of hydrogen-bond acceptors (Lipinski definition) is 0. The summed E-state index contributed by atoms with van der Waals surface area (Å²) in [5.41, 5.74) is 9.43. The molecule has 0 N–H and O–H groups in total. The number of hydrogen-bond donors (Lipinski definition) is 0. The van der Waals surface area contributed by atoms with Gasteiger partial charge in [0.2, 0.25) is 0 Å². The SMILES string of the molecule is CCCC(C)C1=C2c3c(ccc(c3-c3ccc(C(C)C)cc3)[Si]2(C)C)C1. The molecule has 1 heteroatoms. The maximum Gasteiger partial charge on any atom is 0.113 e. The maximum atomic E-state index is 2.57. The van der Waals surface area contributed by atoms with Crippen LogP contribution in [0.5, 0.6) is 0 Å². The molecule has 0 aromatic heterocycles. The van der Waals surface area contributed by atoms with Gasteiger partial charge in [0.15, 0.2) is 0 Å². The van der Waals surface area contributed by atoms with Crippen molar-refractivity contribution in [3.05, 3.63) is 58.7 Å². The Kier molecular flexibility index (Phi) is 4.26. The first-order chi connectivity index (χ1) is 12.4. The Labute approximate surface area is 160 Å². The molecule has 26 heavy (non-hydrogen) atoms. The molecular formula is C25H32Si. The Morgan fingerprint density at radius 2 is 1.62 bits per heavy atom. The van der Waals surface area contributed by atoms with Gasteiger partial charge in [-0.3, -0.25) is 0 Å². The van der Waals surface area contributed by atoms with E-state index in [1.165, 1.54) is 30.4 Å². The van der Waals surface area contributed by atoms with Crippen molar-refractivity contribution in [2.75, 3.05) is 0 Å². The van der Waals surface area contributed by atoms with Crippen molar-refractivity contribution in [3.63, 3.8) is 0 Å². The smallest absolute Gasteiger partial charge is 0.0654 e. The first-order valence-corrected chi connectivity index (χ1v) is 13.4. The van der Waals surface area contributed by atoms with Crippen LogP contribution < -0.4 is 5.19 Å². The van der Waals surface area contributed by atoms with Gasteiger partial charge >= 0.3 is 0 Å². The predicted molar refractivity (Wildman–Crippen MR) is 118 cm³/mol. The summed E-state index contributed by atoms with van der Waals surface area (Å²) in [4.78, 5) is 0. The molecule has 1 aliphatic carbocycles. The van der Waals surface area contributed by atoms with Crippen molar-refractivity contribution in [3.8, 4) is 11.1 Å². The van der Waals surface area contributed by atoms with Crippen molar-refractivity contribution >= 4 is 18.5 Å². The molecule has 1 unspecified atom stereocenters. The van der Waals surface area contributed by atoms with Crippen LogP contribution in [0.15, 0.2) is 42.0 Å². The Hall–Kier alpha value is -1.60. The van der Waals surface area contributed by atoms with Gasteiger partial charge in [0.05, 0.1) is 0 Å². The second kappa shape index (κ2) is 6.23. The lowest BCUT2D eigenvalue weighted by Crippen LogP contribution is -2.40. The highest BCUT2D eigenvalue weighted by Gasteiger charge is 2.46. The fraction of sp³-hybridized carbons (Fsp3) is 0.440. The summed E-state index contributed by atoms with van der Waals surface area (Å²) in [6.07, 6.45) is 3.80. The summed E-state index contributed by atoms with van der Waals surface area (Å²) in [5, 5.41) is 3.45. The van der Waals surface area contributed by atoms with Crippen LogP contribution in [-0.2, 0) is 6.42 Å². The molecule has 2 bridgehead atoms. The lowest BCUT2D eigenvalue weighted by molar-refractivity contribution is 0.595. The molecule has 0 nitrogen and oxygen atoms in total. The number of allylic oxidation sites excluding steroid dienone is 1. The average Bonchev–Trinajstić information content (AvgIpc) is 3.07. The Bertz CT molecular complexity index is 881. The average molecular weight is 361 g/mol. The predicted octanol–water partition coefficient (Wildman–Crippen LogP) is 6.69. The van der Waals surface area contributed by atoms with Gasteiger partial charge in [0.1, 0.15) is 8.07 Å². The Balaban J connectivity index is 1.89. The van der Waals surface area contributed by atoms with E-state index in [1.54, 1.807) is 32.6 Å². The minimum atomic E-state index is -1.58. The first kappa shape index (κ1) is 17.8. The summed E-state index contributed by atoms with van der Waals surface area (Å²) in [5.74, 6) is 1.32. The second-order valence-electron chi connectivity index (χ2n) is 9.19. The highest BCUT2D eigenvalue weighted by Crippen LogP contribution is 2.51. The molecule has 1 atom stereocenters. The molecule has 1 aliphatic heterocycles. The van der Waals surface area contributed by atoms with E-state index in [2.05, 4.69) is 77.2 Å². The first-order valence-electron chi connectivity index (χ1n) is 10.4. The number of benzene rings is 2. The molecule has 1 heterocycles. The Morgan fingerprint density at radius 3 is 2.23 bits per heavy atom. The quantitative estimate of drug-likeness (QED) is 0.521. The largest absolute Gasteiger partial charge is 0.113 e. The third-order valence-electron chi connectivity index (χ3n) is 6.72. The van der Waals surface area contributed by atoms with Gasteiger partial charge in [0.25, 0.3) is 0 Å². The minimum absolute atomic E-state index is 0.595. The fourth-order valence-electron chi connectivity index (χ4n) is 5.26. The van der Waals surface area contributed by atoms with E-state index < -0.39 is 8.07 Å². The second-order valence-corrected chi connectivity index (χ2v) is 13.5. The van der Waals surface area contributed by atoms with E-state index in [0.717, 1.165) is 5.92 Å². The van der Waals surface area contributed by atoms with Crippen LogP contribution in [0.3, 0.4) is 0 Å². The van der Waals surface area contributed by atoms with Crippen LogP contribution in [0.1, 0.15) is 63.1 Å². The van der Waals surface area contributed by atoms with Gasteiger partial charge in [-0.25, -0.2) is 0 Å². The van der Waals surface area contributed by atoms with Gasteiger partial charge in [-0.15, -0.1) is 0 Å². The lowest BCUT2D eigenvalue weighted by atomic mass is 9.94. The van der Waals surface area contributed by atoms with Crippen molar-refractivity contribution in [2.45, 2.75) is 66.0 Å². The summed E-state index contributed by atoms with van der Waals surface area (Å²) < 4.78 is 0. The molecule has 0 radical (unpaired) electrons.